The second kappa shape index (κ2) is 6.37. The van der Waals surface area contributed by atoms with E-state index in [1.54, 1.807) is 43.3 Å². The molecule has 0 atom stereocenters. The Morgan fingerprint density at radius 3 is 2.43 bits per heavy atom. The molecule has 0 spiro atoms. The van der Waals surface area contributed by atoms with Crippen molar-refractivity contribution in [1.82, 2.24) is 0 Å². The van der Waals surface area contributed by atoms with E-state index in [4.69, 9.17) is 20.5 Å². The summed E-state index contributed by atoms with van der Waals surface area (Å²) < 4.78 is 35.3. The minimum absolute atomic E-state index is 0.0429. The Kier molecular flexibility index (Phi) is 4.75. The lowest BCUT2D eigenvalue weighted by Gasteiger charge is -2.12. The minimum Gasteiger partial charge on any atom is -0.490 e. The number of hydrogen-bond donors (Lipinski definition) is 0. The molecule has 0 aliphatic carbocycles. The third-order valence-corrected chi connectivity index (χ3v) is 4.38. The molecule has 0 bridgehead atoms. The number of para-hydroxylation sites is 2. The average Bonchev–Trinajstić information content (AvgIpc) is 2.43. The highest BCUT2D eigenvalue weighted by Gasteiger charge is 2.21. The normalized spacial score (nSPS) is 11.2. The minimum atomic E-state index is -3.97. The molecule has 0 heterocycles. The predicted octanol–water partition coefficient (Wildman–Crippen LogP) is 3.81. The van der Waals surface area contributed by atoms with E-state index < -0.39 is 10.1 Å². The number of rotatable bonds is 5. The van der Waals surface area contributed by atoms with E-state index in [9.17, 15) is 8.42 Å². The second-order valence-corrected chi connectivity index (χ2v) is 6.28. The van der Waals surface area contributed by atoms with E-state index in [2.05, 4.69) is 0 Å². The molecule has 0 aromatic heterocycles. The predicted molar refractivity (Wildman–Crippen MR) is 81.6 cm³/mol. The van der Waals surface area contributed by atoms with E-state index in [-0.39, 0.29) is 10.6 Å². The number of halogens is 1. The van der Waals surface area contributed by atoms with Crippen LogP contribution in [-0.4, -0.2) is 15.0 Å². The summed E-state index contributed by atoms with van der Waals surface area (Å²) in [5, 5.41) is 0.334. The van der Waals surface area contributed by atoms with Crippen molar-refractivity contribution in [2.75, 3.05) is 6.61 Å². The number of ether oxygens (including phenoxy) is 1. The van der Waals surface area contributed by atoms with Gasteiger partial charge in [-0.2, -0.15) is 8.42 Å². The molecule has 21 heavy (non-hydrogen) atoms. The van der Waals surface area contributed by atoms with Gasteiger partial charge in [0.05, 0.1) is 6.61 Å². The van der Waals surface area contributed by atoms with Gasteiger partial charge in [0.25, 0.3) is 0 Å². The van der Waals surface area contributed by atoms with Gasteiger partial charge in [-0.3, -0.25) is 0 Å². The lowest BCUT2D eigenvalue weighted by molar-refractivity contribution is 0.327. The van der Waals surface area contributed by atoms with Crippen LogP contribution in [0.5, 0.6) is 11.5 Å². The highest BCUT2D eigenvalue weighted by molar-refractivity contribution is 7.87. The first-order chi connectivity index (χ1) is 9.94. The largest absolute Gasteiger partial charge is 0.490 e. The lowest BCUT2D eigenvalue weighted by atomic mass is 10.2. The molecular weight excluding hydrogens is 312 g/mol. The summed E-state index contributed by atoms with van der Waals surface area (Å²) in [4.78, 5) is 0.0429. The molecule has 2 aromatic rings. The SMILES string of the molecule is CCOc1ccccc1OS(=O)(=O)c1cc(Cl)ccc1C. The van der Waals surface area contributed by atoms with Gasteiger partial charge in [-0.1, -0.05) is 29.8 Å². The van der Waals surface area contributed by atoms with Crippen molar-refractivity contribution in [2.45, 2.75) is 18.7 Å². The van der Waals surface area contributed by atoms with E-state index in [1.807, 2.05) is 6.92 Å². The van der Waals surface area contributed by atoms with E-state index in [0.29, 0.717) is 22.9 Å². The Hall–Kier alpha value is -1.72. The number of benzene rings is 2. The quantitative estimate of drug-likeness (QED) is 0.784. The van der Waals surface area contributed by atoms with Gasteiger partial charge in [0.2, 0.25) is 0 Å². The second-order valence-electron chi connectivity index (χ2n) is 4.33. The summed E-state index contributed by atoms with van der Waals surface area (Å²) in [5.74, 6) is 0.530. The van der Waals surface area contributed by atoms with Gasteiger partial charge in [-0.25, -0.2) is 0 Å². The molecule has 0 saturated carbocycles. The topological polar surface area (TPSA) is 52.6 Å². The standard InChI is InChI=1S/C15H15ClO4S/c1-3-19-13-6-4-5-7-14(13)20-21(17,18)15-10-12(16)9-8-11(15)2/h4-10H,3H2,1-2H3. The van der Waals surface area contributed by atoms with Gasteiger partial charge in [-0.15, -0.1) is 0 Å². The van der Waals surface area contributed by atoms with Gasteiger partial charge in [0, 0.05) is 5.02 Å². The van der Waals surface area contributed by atoms with Crippen molar-refractivity contribution in [3.8, 4) is 11.5 Å². The van der Waals surface area contributed by atoms with Crippen molar-refractivity contribution in [2.24, 2.45) is 0 Å². The van der Waals surface area contributed by atoms with Crippen LogP contribution in [-0.2, 0) is 10.1 Å². The molecule has 0 radical (unpaired) electrons. The van der Waals surface area contributed by atoms with E-state index in [1.165, 1.54) is 6.07 Å². The van der Waals surface area contributed by atoms with Crippen molar-refractivity contribution in [3.63, 3.8) is 0 Å². The van der Waals surface area contributed by atoms with Crippen molar-refractivity contribution < 1.29 is 17.3 Å². The molecular formula is C15H15ClO4S. The maximum absolute atomic E-state index is 12.4. The summed E-state index contributed by atoms with van der Waals surface area (Å²) in [7, 11) is -3.97. The summed E-state index contributed by atoms with van der Waals surface area (Å²) in [6, 6.07) is 11.3. The third-order valence-electron chi connectivity index (χ3n) is 2.77. The fourth-order valence-corrected chi connectivity index (χ4v) is 3.23. The maximum Gasteiger partial charge on any atom is 0.339 e. The third kappa shape index (κ3) is 3.68. The van der Waals surface area contributed by atoms with Gasteiger partial charge in [-0.05, 0) is 43.7 Å². The van der Waals surface area contributed by atoms with Crippen LogP contribution in [0.15, 0.2) is 47.4 Å². The molecule has 0 fully saturated rings. The molecule has 4 nitrogen and oxygen atoms in total. The molecule has 0 saturated heterocycles. The first-order valence-corrected chi connectivity index (χ1v) is 8.15. The smallest absolute Gasteiger partial charge is 0.339 e. The Morgan fingerprint density at radius 1 is 1.10 bits per heavy atom. The molecule has 2 aromatic carbocycles. The maximum atomic E-state index is 12.4. The van der Waals surface area contributed by atoms with E-state index >= 15 is 0 Å². The zero-order valence-electron chi connectivity index (χ0n) is 11.7. The molecule has 0 N–H and O–H groups in total. The summed E-state index contributed by atoms with van der Waals surface area (Å²) in [6.07, 6.45) is 0. The molecule has 0 aliphatic heterocycles. The van der Waals surface area contributed by atoms with Crippen molar-refractivity contribution in [3.05, 3.63) is 53.1 Å². The van der Waals surface area contributed by atoms with Crippen LogP contribution in [0.3, 0.4) is 0 Å². The first kappa shape index (κ1) is 15.7. The van der Waals surface area contributed by atoms with Crippen LogP contribution in [0.2, 0.25) is 5.02 Å². The molecule has 0 amide bonds. The fraction of sp³-hybridized carbons (Fsp3) is 0.200. The Bertz CT molecular complexity index is 741. The van der Waals surface area contributed by atoms with Crippen LogP contribution in [0.25, 0.3) is 0 Å². The molecule has 112 valence electrons. The van der Waals surface area contributed by atoms with Crippen LogP contribution in [0.4, 0.5) is 0 Å². The highest BCUT2D eigenvalue weighted by Crippen LogP contribution is 2.30. The molecule has 2 rings (SSSR count). The lowest BCUT2D eigenvalue weighted by Crippen LogP contribution is -2.12. The summed E-state index contributed by atoms with van der Waals surface area (Å²) >= 11 is 5.86. The Balaban J connectivity index is 2.40. The zero-order chi connectivity index (χ0) is 15.5. The van der Waals surface area contributed by atoms with Crippen LogP contribution in [0.1, 0.15) is 12.5 Å². The van der Waals surface area contributed by atoms with Gasteiger partial charge >= 0.3 is 10.1 Å². The monoisotopic (exact) mass is 326 g/mol. The Labute approximate surface area is 129 Å². The molecule has 6 heteroatoms. The zero-order valence-corrected chi connectivity index (χ0v) is 13.2. The van der Waals surface area contributed by atoms with Gasteiger partial charge in [0.15, 0.2) is 11.5 Å². The van der Waals surface area contributed by atoms with E-state index in [0.717, 1.165) is 0 Å². The average molecular weight is 327 g/mol. The number of aryl methyl sites for hydroxylation is 1. The number of hydrogen-bond acceptors (Lipinski definition) is 4. The molecule has 0 unspecified atom stereocenters. The Morgan fingerprint density at radius 2 is 1.76 bits per heavy atom. The first-order valence-electron chi connectivity index (χ1n) is 6.36. The van der Waals surface area contributed by atoms with Crippen LogP contribution in [0, 0.1) is 6.92 Å². The van der Waals surface area contributed by atoms with Gasteiger partial charge < -0.3 is 8.92 Å². The fourth-order valence-electron chi connectivity index (χ4n) is 1.80. The highest BCUT2D eigenvalue weighted by atomic mass is 35.5. The van der Waals surface area contributed by atoms with Crippen LogP contribution >= 0.6 is 11.6 Å². The van der Waals surface area contributed by atoms with Gasteiger partial charge in [0.1, 0.15) is 4.90 Å². The summed E-state index contributed by atoms with van der Waals surface area (Å²) in [5.41, 5.74) is 0.563. The van der Waals surface area contributed by atoms with Crippen molar-refractivity contribution in [1.29, 1.82) is 0 Å². The van der Waals surface area contributed by atoms with Crippen molar-refractivity contribution >= 4 is 21.7 Å². The molecule has 0 aliphatic rings. The van der Waals surface area contributed by atoms with Crippen LogP contribution < -0.4 is 8.92 Å². The summed E-state index contributed by atoms with van der Waals surface area (Å²) in [6.45, 7) is 3.91.